The maximum Gasteiger partial charge on any atom is 0.338 e. The van der Waals surface area contributed by atoms with Gasteiger partial charge in [-0.3, -0.25) is 4.72 Å². The molecule has 0 atom stereocenters. The van der Waals surface area contributed by atoms with Crippen LogP contribution in [-0.4, -0.2) is 20.5 Å². The number of sulfonamides is 1. The minimum Gasteiger partial charge on any atom is -0.459 e. The minimum atomic E-state index is -3.90. The number of carbonyl (C=O) groups excluding carboxylic acids is 1. The molecule has 2 aromatic rings. The minimum absolute atomic E-state index is 0.0520. The Balaban J connectivity index is 2.21. The molecular weight excluding hydrogens is 373 g/mol. The summed E-state index contributed by atoms with van der Waals surface area (Å²) in [5.74, 6) is -0.475. The molecule has 0 aromatic heterocycles. The summed E-state index contributed by atoms with van der Waals surface area (Å²) in [7, 11) is -3.90. The zero-order chi connectivity index (χ0) is 17.9. The van der Waals surface area contributed by atoms with E-state index in [1.807, 2.05) is 0 Å². The normalized spacial score (nSPS) is 11.4. The Bertz CT molecular complexity index is 849. The molecular formula is C16H15Cl2NO4S. The number of nitrogens with one attached hydrogen (secondary N) is 1. The molecule has 0 radical (unpaired) electrons. The van der Waals surface area contributed by atoms with Crippen LogP contribution in [0.15, 0.2) is 47.4 Å². The van der Waals surface area contributed by atoms with Crippen molar-refractivity contribution in [3.8, 4) is 0 Å². The zero-order valence-corrected chi connectivity index (χ0v) is 15.2. The van der Waals surface area contributed by atoms with Crippen molar-refractivity contribution < 1.29 is 17.9 Å². The molecule has 0 unspecified atom stereocenters. The van der Waals surface area contributed by atoms with Gasteiger partial charge in [0.25, 0.3) is 10.0 Å². The molecule has 128 valence electrons. The van der Waals surface area contributed by atoms with E-state index >= 15 is 0 Å². The van der Waals surface area contributed by atoms with Crippen molar-refractivity contribution >= 4 is 44.9 Å². The summed E-state index contributed by atoms with van der Waals surface area (Å²) in [5.41, 5.74) is 0.611. The van der Waals surface area contributed by atoms with Crippen LogP contribution in [0.2, 0.25) is 10.0 Å². The Kier molecular flexibility index (Phi) is 5.74. The van der Waals surface area contributed by atoms with E-state index in [1.165, 1.54) is 42.5 Å². The van der Waals surface area contributed by atoms with Gasteiger partial charge < -0.3 is 4.74 Å². The van der Waals surface area contributed by atoms with Crippen LogP contribution in [0, 0.1) is 0 Å². The van der Waals surface area contributed by atoms with E-state index in [0.29, 0.717) is 5.56 Å². The van der Waals surface area contributed by atoms with E-state index in [4.69, 9.17) is 27.9 Å². The van der Waals surface area contributed by atoms with Crippen LogP contribution < -0.4 is 4.72 Å². The largest absolute Gasteiger partial charge is 0.459 e. The van der Waals surface area contributed by atoms with Crippen LogP contribution >= 0.6 is 23.2 Å². The van der Waals surface area contributed by atoms with Crippen molar-refractivity contribution in [1.82, 2.24) is 0 Å². The highest BCUT2D eigenvalue weighted by Gasteiger charge is 2.20. The van der Waals surface area contributed by atoms with Gasteiger partial charge in [-0.05, 0) is 50.2 Å². The molecule has 0 aliphatic rings. The van der Waals surface area contributed by atoms with Gasteiger partial charge in [0.05, 0.1) is 21.7 Å². The zero-order valence-electron chi connectivity index (χ0n) is 12.9. The third-order valence-electron chi connectivity index (χ3n) is 2.92. The van der Waals surface area contributed by atoms with Crippen molar-refractivity contribution in [3.05, 3.63) is 58.1 Å². The molecule has 24 heavy (non-hydrogen) atoms. The summed E-state index contributed by atoms with van der Waals surface area (Å²) < 4.78 is 32.2. The summed E-state index contributed by atoms with van der Waals surface area (Å²) in [6, 6.07) is 10.2. The number of hydrogen-bond acceptors (Lipinski definition) is 4. The Labute approximate surface area is 150 Å². The SMILES string of the molecule is CC(C)OC(=O)c1ccc(NS(=O)(=O)c2cccc(Cl)c2Cl)cc1. The van der Waals surface area contributed by atoms with Crippen LogP contribution in [0.4, 0.5) is 5.69 Å². The molecule has 1 N–H and O–H groups in total. The third-order valence-corrected chi connectivity index (χ3v) is 5.28. The second-order valence-corrected chi connectivity index (χ2v) is 7.62. The summed E-state index contributed by atoms with van der Waals surface area (Å²) in [6.45, 7) is 3.49. The molecule has 0 fully saturated rings. The molecule has 0 saturated heterocycles. The number of esters is 1. The van der Waals surface area contributed by atoms with Crippen molar-refractivity contribution in [2.45, 2.75) is 24.8 Å². The van der Waals surface area contributed by atoms with Crippen LogP contribution in [0.1, 0.15) is 24.2 Å². The van der Waals surface area contributed by atoms with Gasteiger partial charge >= 0.3 is 5.97 Å². The summed E-state index contributed by atoms with van der Waals surface area (Å²) >= 11 is 11.8. The average Bonchev–Trinajstić information content (AvgIpc) is 2.49. The van der Waals surface area contributed by atoms with E-state index < -0.39 is 16.0 Å². The Morgan fingerprint density at radius 2 is 1.71 bits per heavy atom. The van der Waals surface area contributed by atoms with Gasteiger partial charge in [-0.2, -0.15) is 0 Å². The number of ether oxygens (including phenoxy) is 1. The number of anilines is 1. The van der Waals surface area contributed by atoms with Gasteiger partial charge in [0.15, 0.2) is 0 Å². The van der Waals surface area contributed by atoms with Crippen molar-refractivity contribution in [1.29, 1.82) is 0 Å². The second kappa shape index (κ2) is 7.42. The first-order chi connectivity index (χ1) is 11.2. The molecule has 2 aromatic carbocycles. The first kappa shape index (κ1) is 18.6. The maximum atomic E-state index is 12.4. The third kappa shape index (κ3) is 4.41. The van der Waals surface area contributed by atoms with Crippen LogP contribution in [0.3, 0.4) is 0 Å². The van der Waals surface area contributed by atoms with Gasteiger partial charge in [-0.25, -0.2) is 13.2 Å². The van der Waals surface area contributed by atoms with Crippen molar-refractivity contribution in [3.63, 3.8) is 0 Å². The van der Waals surface area contributed by atoms with Gasteiger partial charge in [0.2, 0.25) is 0 Å². The lowest BCUT2D eigenvalue weighted by molar-refractivity contribution is 0.0378. The fourth-order valence-electron chi connectivity index (χ4n) is 1.86. The highest BCUT2D eigenvalue weighted by atomic mass is 35.5. The highest BCUT2D eigenvalue weighted by molar-refractivity contribution is 7.92. The number of hydrogen-bond donors (Lipinski definition) is 1. The Hall–Kier alpha value is -1.76. The quantitative estimate of drug-likeness (QED) is 0.773. The first-order valence-electron chi connectivity index (χ1n) is 6.98. The van der Waals surface area contributed by atoms with Gasteiger partial charge in [-0.15, -0.1) is 0 Å². The maximum absolute atomic E-state index is 12.4. The molecule has 0 saturated carbocycles. The molecule has 0 heterocycles. The lowest BCUT2D eigenvalue weighted by Crippen LogP contribution is -2.14. The standard InChI is InChI=1S/C16H15Cl2NO4S/c1-10(2)23-16(20)11-6-8-12(9-7-11)19-24(21,22)14-5-3-4-13(17)15(14)18/h3-10,19H,1-2H3. The molecule has 5 nitrogen and oxygen atoms in total. The number of carbonyl (C=O) groups is 1. The molecule has 0 aliphatic heterocycles. The molecule has 8 heteroatoms. The predicted octanol–water partition coefficient (Wildman–Crippen LogP) is 4.36. The van der Waals surface area contributed by atoms with Crippen LogP contribution in [0.5, 0.6) is 0 Å². The van der Waals surface area contributed by atoms with E-state index in [1.54, 1.807) is 13.8 Å². The summed E-state index contributed by atoms with van der Waals surface area (Å²) in [4.78, 5) is 11.6. The molecule has 2 rings (SSSR count). The molecule has 0 aliphatic carbocycles. The van der Waals surface area contributed by atoms with Crippen molar-refractivity contribution in [2.24, 2.45) is 0 Å². The van der Waals surface area contributed by atoms with E-state index in [2.05, 4.69) is 4.72 Å². The molecule has 0 bridgehead atoms. The molecule has 0 spiro atoms. The summed E-state index contributed by atoms with van der Waals surface area (Å²) in [6.07, 6.45) is -0.236. The highest BCUT2D eigenvalue weighted by Crippen LogP contribution is 2.30. The van der Waals surface area contributed by atoms with E-state index in [-0.39, 0.29) is 26.7 Å². The van der Waals surface area contributed by atoms with Gasteiger partial charge in [0.1, 0.15) is 4.90 Å². The Morgan fingerprint density at radius 3 is 2.29 bits per heavy atom. The van der Waals surface area contributed by atoms with Crippen LogP contribution in [0.25, 0.3) is 0 Å². The molecule has 0 amide bonds. The fourth-order valence-corrected chi connectivity index (χ4v) is 3.68. The Morgan fingerprint density at radius 1 is 1.08 bits per heavy atom. The topological polar surface area (TPSA) is 72.5 Å². The number of rotatable bonds is 5. The lowest BCUT2D eigenvalue weighted by Gasteiger charge is -2.11. The number of benzene rings is 2. The summed E-state index contributed by atoms with van der Waals surface area (Å²) in [5, 5.41) is 0.0927. The number of halogens is 2. The lowest BCUT2D eigenvalue weighted by atomic mass is 10.2. The van der Waals surface area contributed by atoms with Crippen molar-refractivity contribution in [2.75, 3.05) is 4.72 Å². The second-order valence-electron chi connectivity index (χ2n) is 5.19. The van der Waals surface area contributed by atoms with E-state index in [9.17, 15) is 13.2 Å². The smallest absolute Gasteiger partial charge is 0.338 e. The monoisotopic (exact) mass is 387 g/mol. The average molecular weight is 388 g/mol. The van der Waals surface area contributed by atoms with Gasteiger partial charge in [-0.1, -0.05) is 29.3 Å². The van der Waals surface area contributed by atoms with Gasteiger partial charge in [0, 0.05) is 5.69 Å². The first-order valence-corrected chi connectivity index (χ1v) is 9.22. The van der Waals surface area contributed by atoms with E-state index in [0.717, 1.165) is 0 Å². The predicted molar refractivity (Wildman–Crippen MR) is 94.3 cm³/mol. The fraction of sp³-hybridized carbons (Fsp3) is 0.188. The van der Waals surface area contributed by atoms with Crippen LogP contribution in [-0.2, 0) is 14.8 Å².